The summed E-state index contributed by atoms with van der Waals surface area (Å²) < 4.78 is 33.1. The quantitative estimate of drug-likeness (QED) is 0.820. The fraction of sp³-hybridized carbons (Fsp3) is 0.333. The van der Waals surface area contributed by atoms with Gasteiger partial charge in [-0.15, -0.1) is 0 Å². The Bertz CT molecular complexity index is 907. The first kappa shape index (κ1) is 19.9. The number of amides is 1. The molecule has 0 unspecified atom stereocenters. The van der Waals surface area contributed by atoms with Gasteiger partial charge in [0.25, 0.3) is 5.91 Å². The third-order valence-corrected chi connectivity index (χ3v) is 5.20. The van der Waals surface area contributed by atoms with Gasteiger partial charge in [0, 0.05) is 30.9 Å². The molecule has 5 nitrogen and oxygen atoms in total. The molecule has 1 fully saturated rings. The molecule has 7 heteroatoms. The molecule has 1 aliphatic rings. The second kappa shape index (κ2) is 8.06. The zero-order valence-electron chi connectivity index (χ0n) is 15.4. The maximum absolute atomic E-state index is 14.6. The number of hydrogen-bond acceptors (Lipinski definition) is 3. The van der Waals surface area contributed by atoms with E-state index in [-0.39, 0.29) is 17.7 Å². The van der Waals surface area contributed by atoms with E-state index in [0.717, 1.165) is 6.07 Å². The van der Waals surface area contributed by atoms with Crippen LogP contribution in [0.3, 0.4) is 0 Å². The van der Waals surface area contributed by atoms with Crippen LogP contribution in [0.1, 0.15) is 28.8 Å². The highest BCUT2D eigenvalue weighted by molar-refractivity contribution is 5.95. The van der Waals surface area contributed by atoms with Gasteiger partial charge in [0.1, 0.15) is 11.6 Å². The van der Waals surface area contributed by atoms with Crippen LogP contribution in [-0.4, -0.2) is 36.7 Å². The molecule has 28 heavy (non-hydrogen) atoms. The first-order valence-corrected chi connectivity index (χ1v) is 8.98. The highest BCUT2D eigenvalue weighted by Crippen LogP contribution is 2.31. The molecule has 0 aromatic heterocycles. The Morgan fingerprint density at radius 3 is 2.39 bits per heavy atom. The molecule has 1 heterocycles. The number of halogens is 2. The van der Waals surface area contributed by atoms with E-state index in [1.54, 1.807) is 6.92 Å². The first-order chi connectivity index (χ1) is 13.3. The molecule has 1 saturated heterocycles. The van der Waals surface area contributed by atoms with Gasteiger partial charge < -0.3 is 15.2 Å². The monoisotopic (exact) mass is 389 g/mol. The lowest BCUT2D eigenvalue weighted by molar-refractivity contribution is -0.154. The van der Waals surface area contributed by atoms with Crippen molar-refractivity contribution in [3.05, 3.63) is 59.2 Å². The van der Waals surface area contributed by atoms with Crippen molar-refractivity contribution in [1.82, 2.24) is 5.32 Å². The lowest BCUT2D eigenvalue weighted by atomic mass is 9.80. The minimum absolute atomic E-state index is 0.0506. The number of carboxylic acids is 1. The van der Waals surface area contributed by atoms with Crippen LogP contribution in [-0.2, 0) is 9.53 Å². The van der Waals surface area contributed by atoms with Crippen molar-refractivity contribution >= 4 is 11.9 Å². The lowest BCUT2D eigenvalue weighted by Gasteiger charge is -2.33. The molecular formula is C21H21F2NO4. The maximum Gasteiger partial charge on any atom is 0.311 e. The summed E-state index contributed by atoms with van der Waals surface area (Å²) in [4.78, 5) is 24.1. The Labute approximate surface area is 161 Å². The van der Waals surface area contributed by atoms with Crippen molar-refractivity contribution in [3.8, 4) is 11.1 Å². The van der Waals surface area contributed by atoms with Gasteiger partial charge in [-0.25, -0.2) is 8.78 Å². The van der Waals surface area contributed by atoms with E-state index in [2.05, 4.69) is 5.32 Å². The second-order valence-electron chi connectivity index (χ2n) is 7.03. The summed E-state index contributed by atoms with van der Waals surface area (Å²) in [5.41, 5.74) is 0.406. The molecule has 2 aromatic carbocycles. The molecule has 0 aliphatic carbocycles. The van der Waals surface area contributed by atoms with E-state index >= 15 is 0 Å². The fourth-order valence-electron chi connectivity index (χ4n) is 3.38. The maximum atomic E-state index is 14.6. The topological polar surface area (TPSA) is 75.6 Å². The third kappa shape index (κ3) is 4.04. The van der Waals surface area contributed by atoms with Crippen molar-refractivity contribution in [3.63, 3.8) is 0 Å². The van der Waals surface area contributed by atoms with E-state index in [1.165, 1.54) is 30.3 Å². The van der Waals surface area contributed by atoms with Crippen LogP contribution in [0.15, 0.2) is 36.4 Å². The van der Waals surface area contributed by atoms with E-state index in [9.17, 15) is 23.5 Å². The van der Waals surface area contributed by atoms with Crippen LogP contribution >= 0.6 is 0 Å². The summed E-state index contributed by atoms with van der Waals surface area (Å²) in [7, 11) is 0. The van der Waals surface area contributed by atoms with Gasteiger partial charge in [-0.3, -0.25) is 9.59 Å². The average Bonchev–Trinajstić information content (AvgIpc) is 2.67. The molecule has 0 spiro atoms. The number of benzene rings is 2. The Morgan fingerprint density at radius 1 is 1.11 bits per heavy atom. The number of ether oxygens (including phenoxy) is 1. The molecule has 0 saturated carbocycles. The number of aliphatic carboxylic acids is 1. The van der Waals surface area contributed by atoms with E-state index in [1.807, 2.05) is 0 Å². The smallest absolute Gasteiger partial charge is 0.311 e. The van der Waals surface area contributed by atoms with Gasteiger partial charge in [-0.1, -0.05) is 12.1 Å². The van der Waals surface area contributed by atoms with Crippen LogP contribution in [0.25, 0.3) is 11.1 Å². The molecule has 0 bridgehead atoms. The summed E-state index contributed by atoms with van der Waals surface area (Å²) in [6, 6.07) is 8.09. The molecular weight excluding hydrogens is 368 g/mol. The summed E-state index contributed by atoms with van der Waals surface area (Å²) in [5.74, 6) is -2.54. The van der Waals surface area contributed by atoms with Crippen molar-refractivity contribution in [2.24, 2.45) is 5.41 Å². The Kier molecular flexibility index (Phi) is 5.74. The van der Waals surface area contributed by atoms with Crippen LogP contribution < -0.4 is 5.32 Å². The van der Waals surface area contributed by atoms with Crippen molar-refractivity contribution in [1.29, 1.82) is 0 Å². The number of rotatable bonds is 5. The van der Waals surface area contributed by atoms with E-state index in [4.69, 9.17) is 4.74 Å². The van der Waals surface area contributed by atoms with E-state index in [0.29, 0.717) is 37.2 Å². The molecule has 0 radical (unpaired) electrons. The molecule has 3 rings (SSSR count). The molecule has 1 aliphatic heterocycles. The highest BCUT2D eigenvalue weighted by Gasteiger charge is 2.40. The zero-order chi connectivity index (χ0) is 20.3. The molecule has 2 N–H and O–H groups in total. The number of carboxylic acid groups (broad SMARTS) is 1. The fourth-order valence-corrected chi connectivity index (χ4v) is 3.38. The standard InChI is InChI=1S/C21H21F2NO4/c1-13-10-15(22)3-5-16(13)17-4-2-14(11-18(17)23)19(25)24-12-21(20(26)27)6-8-28-9-7-21/h2-5,10-11H,6-9,12H2,1H3,(H,24,25)(H,26,27). The number of aryl methyl sites for hydroxylation is 1. The lowest BCUT2D eigenvalue weighted by Crippen LogP contribution is -2.46. The summed E-state index contributed by atoms with van der Waals surface area (Å²) >= 11 is 0. The van der Waals surface area contributed by atoms with Crippen molar-refractivity contribution in [2.45, 2.75) is 19.8 Å². The molecule has 1 amide bonds. The molecule has 2 aromatic rings. The zero-order valence-corrected chi connectivity index (χ0v) is 15.4. The average molecular weight is 389 g/mol. The van der Waals surface area contributed by atoms with Crippen LogP contribution in [0, 0.1) is 24.0 Å². The summed E-state index contributed by atoms with van der Waals surface area (Å²) in [6.45, 7) is 2.27. The normalized spacial score (nSPS) is 15.8. The number of nitrogens with one attached hydrogen (secondary N) is 1. The number of carbonyl (C=O) groups excluding carboxylic acids is 1. The van der Waals surface area contributed by atoms with Gasteiger partial charge >= 0.3 is 5.97 Å². The predicted molar refractivity (Wildman–Crippen MR) is 99.0 cm³/mol. The first-order valence-electron chi connectivity index (χ1n) is 8.98. The second-order valence-corrected chi connectivity index (χ2v) is 7.03. The minimum atomic E-state index is -1.07. The van der Waals surface area contributed by atoms with Crippen LogP contribution in [0.2, 0.25) is 0 Å². The summed E-state index contributed by atoms with van der Waals surface area (Å²) in [5, 5.41) is 12.1. The Hall–Kier alpha value is -2.80. The van der Waals surface area contributed by atoms with Gasteiger partial charge in [0.05, 0.1) is 5.41 Å². The number of carbonyl (C=O) groups is 2. The Morgan fingerprint density at radius 2 is 1.79 bits per heavy atom. The third-order valence-electron chi connectivity index (χ3n) is 5.20. The van der Waals surface area contributed by atoms with E-state index < -0.39 is 28.9 Å². The van der Waals surface area contributed by atoms with Gasteiger partial charge in [0.2, 0.25) is 0 Å². The molecule has 0 atom stereocenters. The molecule has 148 valence electrons. The predicted octanol–water partition coefficient (Wildman–Crippen LogP) is 3.55. The number of hydrogen-bond donors (Lipinski definition) is 2. The van der Waals surface area contributed by atoms with Gasteiger partial charge in [-0.05, 0) is 55.2 Å². The SMILES string of the molecule is Cc1cc(F)ccc1-c1ccc(C(=O)NCC2(C(=O)O)CCOCC2)cc1F. The van der Waals surface area contributed by atoms with Gasteiger partial charge in [-0.2, -0.15) is 0 Å². The highest BCUT2D eigenvalue weighted by atomic mass is 19.1. The van der Waals surface area contributed by atoms with Crippen LogP contribution in [0.4, 0.5) is 8.78 Å². The van der Waals surface area contributed by atoms with Crippen molar-refractivity contribution < 1.29 is 28.2 Å². The van der Waals surface area contributed by atoms with Crippen LogP contribution in [0.5, 0.6) is 0 Å². The minimum Gasteiger partial charge on any atom is -0.481 e. The summed E-state index contributed by atoms with van der Waals surface area (Å²) in [6.07, 6.45) is 0.611. The van der Waals surface area contributed by atoms with Gasteiger partial charge in [0.15, 0.2) is 0 Å². The Balaban J connectivity index is 1.76. The largest absolute Gasteiger partial charge is 0.481 e. The van der Waals surface area contributed by atoms with Crippen molar-refractivity contribution in [2.75, 3.05) is 19.8 Å².